The minimum atomic E-state index is -0.665. The van der Waals surface area contributed by atoms with E-state index in [9.17, 15) is 9.59 Å². The van der Waals surface area contributed by atoms with E-state index in [1.54, 1.807) is 0 Å². The molecule has 3 aliphatic rings. The van der Waals surface area contributed by atoms with Crippen LogP contribution in [0.5, 0.6) is 0 Å². The number of hydrogen-bond acceptors (Lipinski definition) is 2. The molecule has 1 N–H and O–H groups in total. The van der Waals surface area contributed by atoms with Crippen molar-refractivity contribution in [2.75, 3.05) is 6.54 Å². The first-order valence-electron chi connectivity index (χ1n) is 8.30. The predicted molar refractivity (Wildman–Crippen MR) is 81.5 cm³/mol. The van der Waals surface area contributed by atoms with Gasteiger partial charge in [0, 0.05) is 6.54 Å². The lowest BCUT2D eigenvalue weighted by Crippen LogP contribution is -2.71. The fourth-order valence-corrected chi connectivity index (χ4v) is 3.87. The Kier molecular flexibility index (Phi) is 3.16. The quantitative estimate of drug-likeness (QED) is 0.863. The maximum Gasteiger partial charge on any atom is 0.249 e. The van der Waals surface area contributed by atoms with Gasteiger partial charge in [0.05, 0.1) is 0 Å². The van der Waals surface area contributed by atoms with E-state index in [1.165, 1.54) is 0 Å². The third-order valence-corrected chi connectivity index (χ3v) is 5.85. The fourth-order valence-electron chi connectivity index (χ4n) is 3.87. The zero-order valence-electron chi connectivity index (χ0n) is 13.9. The lowest BCUT2D eigenvalue weighted by Gasteiger charge is -2.46. The molecular weight excluding hydrogens is 264 g/mol. The SMILES string of the molecule is CC(C)C1C(=O)NC(C)(C2CC2)C(=O)N1CC1CC1(C)C. The molecule has 1 saturated heterocycles. The van der Waals surface area contributed by atoms with Gasteiger partial charge in [-0.1, -0.05) is 27.7 Å². The van der Waals surface area contributed by atoms with Crippen molar-refractivity contribution < 1.29 is 9.59 Å². The molecule has 4 heteroatoms. The van der Waals surface area contributed by atoms with Gasteiger partial charge in [0.2, 0.25) is 11.8 Å². The summed E-state index contributed by atoms with van der Waals surface area (Å²) in [6, 6.07) is -0.305. The molecule has 3 unspecified atom stereocenters. The molecule has 3 atom stereocenters. The van der Waals surface area contributed by atoms with E-state index >= 15 is 0 Å². The molecule has 1 aliphatic heterocycles. The molecule has 3 fully saturated rings. The van der Waals surface area contributed by atoms with Crippen molar-refractivity contribution in [3.8, 4) is 0 Å². The van der Waals surface area contributed by atoms with Gasteiger partial charge in [-0.3, -0.25) is 9.59 Å². The zero-order valence-corrected chi connectivity index (χ0v) is 13.9. The van der Waals surface area contributed by atoms with E-state index in [-0.39, 0.29) is 23.8 Å². The normalized spacial score (nSPS) is 38.7. The first-order chi connectivity index (χ1) is 9.67. The van der Waals surface area contributed by atoms with E-state index in [1.807, 2.05) is 25.7 Å². The number of hydrogen-bond donors (Lipinski definition) is 1. The maximum atomic E-state index is 13.1. The van der Waals surface area contributed by atoms with Crippen LogP contribution < -0.4 is 5.32 Å². The summed E-state index contributed by atoms with van der Waals surface area (Å²) in [6.45, 7) is 11.2. The Morgan fingerprint density at radius 3 is 2.24 bits per heavy atom. The molecule has 0 radical (unpaired) electrons. The Morgan fingerprint density at radius 2 is 1.81 bits per heavy atom. The smallest absolute Gasteiger partial charge is 0.249 e. The number of carbonyl (C=O) groups is 2. The minimum Gasteiger partial charge on any atom is -0.340 e. The van der Waals surface area contributed by atoms with Crippen LogP contribution in [0, 0.1) is 23.2 Å². The van der Waals surface area contributed by atoms with E-state index in [0.29, 0.717) is 17.3 Å². The summed E-state index contributed by atoms with van der Waals surface area (Å²) in [5, 5.41) is 3.05. The Labute approximate surface area is 127 Å². The maximum absolute atomic E-state index is 13.1. The average Bonchev–Trinajstić information content (AvgIpc) is 3.23. The number of nitrogens with one attached hydrogen (secondary N) is 1. The largest absolute Gasteiger partial charge is 0.340 e. The Balaban J connectivity index is 1.86. The van der Waals surface area contributed by atoms with E-state index < -0.39 is 5.54 Å². The summed E-state index contributed by atoms with van der Waals surface area (Å²) in [7, 11) is 0. The second-order valence-corrected chi connectivity index (χ2v) is 8.50. The Hall–Kier alpha value is -1.06. The molecule has 2 amide bonds. The summed E-state index contributed by atoms with van der Waals surface area (Å²) in [5.74, 6) is 1.21. The summed E-state index contributed by atoms with van der Waals surface area (Å²) in [4.78, 5) is 27.6. The van der Waals surface area contributed by atoms with Gasteiger partial charge in [-0.15, -0.1) is 0 Å². The average molecular weight is 292 g/mol. The van der Waals surface area contributed by atoms with Crippen LogP contribution in [-0.4, -0.2) is 34.8 Å². The van der Waals surface area contributed by atoms with Crippen molar-refractivity contribution in [2.45, 2.75) is 65.5 Å². The molecule has 0 spiro atoms. The Morgan fingerprint density at radius 1 is 1.24 bits per heavy atom. The van der Waals surface area contributed by atoms with Crippen LogP contribution in [0.1, 0.15) is 53.9 Å². The Bertz CT molecular complexity index is 481. The van der Waals surface area contributed by atoms with Crippen molar-refractivity contribution >= 4 is 11.8 Å². The van der Waals surface area contributed by atoms with Crippen LogP contribution in [0.4, 0.5) is 0 Å². The van der Waals surface area contributed by atoms with Crippen molar-refractivity contribution in [1.29, 1.82) is 0 Å². The highest BCUT2D eigenvalue weighted by atomic mass is 16.2. The van der Waals surface area contributed by atoms with Gasteiger partial charge in [0.25, 0.3) is 0 Å². The van der Waals surface area contributed by atoms with Crippen LogP contribution >= 0.6 is 0 Å². The molecule has 21 heavy (non-hydrogen) atoms. The second kappa shape index (κ2) is 4.47. The van der Waals surface area contributed by atoms with Crippen molar-refractivity contribution in [2.24, 2.45) is 23.2 Å². The third kappa shape index (κ3) is 2.36. The highest BCUT2D eigenvalue weighted by Crippen LogP contribution is 2.53. The molecule has 0 bridgehead atoms. The fraction of sp³-hybridized carbons (Fsp3) is 0.882. The predicted octanol–water partition coefficient (Wildman–Crippen LogP) is 2.18. The number of piperazine rings is 1. The lowest BCUT2D eigenvalue weighted by molar-refractivity contribution is -0.157. The van der Waals surface area contributed by atoms with Crippen LogP contribution in [-0.2, 0) is 9.59 Å². The van der Waals surface area contributed by atoms with Crippen LogP contribution in [0.2, 0.25) is 0 Å². The zero-order chi connectivity index (χ0) is 15.6. The number of nitrogens with zero attached hydrogens (tertiary/aromatic N) is 1. The summed E-state index contributed by atoms with van der Waals surface area (Å²) in [6.07, 6.45) is 3.26. The summed E-state index contributed by atoms with van der Waals surface area (Å²) >= 11 is 0. The van der Waals surface area contributed by atoms with Gasteiger partial charge in [-0.05, 0) is 49.4 Å². The highest BCUT2D eigenvalue weighted by Gasteiger charge is 2.57. The monoisotopic (exact) mass is 292 g/mol. The molecule has 2 saturated carbocycles. The molecule has 118 valence electrons. The molecular formula is C17H28N2O2. The van der Waals surface area contributed by atoms with Crippen molar-refractivity contribution in [1.82, 2.24) is 10.2 Å². The molecule has 0 aromatic carbocycles. The summed E-state index contributed by atoms with van der Waals surface area (Å²) < 4.78 is 0. The van der Waals surface area contributed by atoms with Gasteiger partial charge >= 0.3 is 0 Å². The van der Waals surface area contributed by atoms with Gasteiger partial charge in [-0.2, -0.15) is 0 Å². The first kappa shape index (κ1) is 14.9. The van der Waals surface area contributed by atoms with Crippen LogP contribution in [0.15, 0.2) is 0 Å². The molecule has 1 heterocycles. The number of amides is 2. The third-order valence-electron chi connectivity index (χ3n) is 5.85. The molecule has 4 nitrogen and oxygen atoms in total. The number of rotatable bonds is 4. The first-order valence-corrected chi connectivity index (χ1v) is 8.30. The molecule has 2 aliphatic carbocycles. The topological polar surface area (TPSA) is 49.4 Å². The van der Waals surface area contributed by atoms with Gasteiger partial charge < -0.3 is 10.2 Å². The van der Waals surface area contributed by atoms with E-state index in [4.69, 9.17) is 0 Å². The number of carbonyl (C=O) groups excluding carboxylic acids is 2. The van der Waals surface area contributed by atoms with Crippen LogP contribution in [0.25, 0.3) is 0 Å². The van der Waals surface area contributed by atoms with Crippen molar-refractivity contribution in [3.63, 3.8) is 0 Å². The van der Waals surface area contributed by atoms with Gasteiger partial charge in [-0.25, -0.2) is 0 Å². The highest BCUT2D eigenvalue weighted by molar-refractivity contribution is 6.00. The molecule has 3 rings (SSSR count). The minimum absolute atomic E-state index is 0.0393. The summed E-state index contributed by atoms with van der Waals surface area (Å²) in [5.41, 5.74) is -0.340. The second-order valence-electron chi connectivity index (χ2n) is 8.50. The van der Waals surface area contributed by atoms with Crippen molar-refractivity contribution in [3.05, 3.63) is 0 Å². The lowest BCUT2D eigenvalue weighted by atomic mass is 9.86. The molecule has 0 aromatic heterocycles. The van der Waals surface area contributed by atoms with Gasteiger partial charge in [0.15, 0.2) is 0 Å². The van der Waals surface area contributed by atoms with E-state index in [0.717, 1.165) is 25.8 Å². The standard InChI is InChI=1S/C17H28N2O2/c1-10(2)13-14(20)18-17(5,11-6-7-11)15(21)19(13)9-12-8-16(12,3)4/h10-13H,6-9H2,1-5H3,(H,18,20). The molecule has 0 aromatic rings. The van der Waals surface area contributed by atoms with E-state index in [2.05, 4.69) is 19.2 Å². The van der Waals surface area contributed by atoms with Gasteiger partial charge in [0.1, 0.15) is 11.6 Å². The van der Waals surface area contributed by atoms with Crippen LogP contribution in [0.3, 0.4) is 0 Å².